The molecule has 0 aliphatic heterocycles. The summed E-state index contributed by atoms with van der Waals surface area (Å²) in [6.45, 7) is 0. The van der Waals surface area contributed by atoms with Gasteiger partial charge in [-0.2, -0.15) is 0 Å². The second-order valence-electron chi connectivity index (χ2n) is 14.6. The lowest BCUT2D eigenvalue weighted by molar-refractivity contribution is 1.17. The van der Waals surface area contributed by atoms with Crippen LogP contribution in [0.3, 0.4) is 0 Å². The Hall–Kier alpha value is -7.56. The maximum atomic E-state index is 5.16. The van der Waals surface area contributed by atoms with Gasteiger partial charge >= 0.3 is 0 Å². The van der Waals surface area contributed by atoms with Crippen LogP contribution >= 0.6 is 0 Å². The van der Waals surface area contributed by atoms with Crippen molar-refractivity contribution in [3.05, 3.63) is 194 Å². The minimum Gasteiger partial charge on any atom is -0.309 e. The zero-order valence-corrected chi connectivity index (χ0v) is 30.3. The number of nitrogens with zero attached hydrogens (tertiary/aromatic N) is 4. The molecule has 4 nitrogen and oxygen atoms in total. The molecular formula is C52H32N4. The largest absolute Gasteiger partial charge is 0.309 e. The van der Waals surface area contributed by atoms with E-state index in [-0.39, 0.29) is 0 Å². The first-order chi connectivity index (χ1) is 27.8. The van der Waals surface area contributed by atoms with Crippen molar-refractivity contribution in [2.45, 2.75) is 0 Å². The van der Waals surface area contributed by atoms with Crippen molar-refractivity contribution >= 4 is 76.1 Å². The molecule has 12 aromatic rings. The highest BCUT2D eigenvalue weighted by Gasteiger charge is 2.21. The zero-order chi connectivity index (χ0) is 36.7. The number of benzene rings is 9. The molecule has 0 aliphatic rings. The van der Waals surface area contributed by atoms with Gasteiger partial charge < -0.3 is 9.13 Å². The Kier molecular flexibility index (Phi) is 6.60. The molecule has 0 spiro atoms. The summed E-state index contributed by atoms with van der Waals surface area (Å²) in [7, 11) is 0. The van der Waals surface area contributed by atoms with E-state index in [0.717, 1.165) is 44.4 Å². The highest BCUT2D eigenvalue weighted by molar-refractivity contribution is 6.22. The lowest BCUT2D eigenvalue weighted by atomic mass is 10.0. The number of hydrogen-bond acceptors (Lipinski definition) is 2. The van der Waals surface area contributed by atoms with Gasteiger partial charge in [-0.1, -0.05) is 133 Å². The van der Waals surface area contributed by atoms with Gasteiger partial charge in [-0.3, -0.25) is 0 Å². The molecule has 0 amide bonds. The van der Waals surface area contributed by atoms with Crippen molar-refractivity contribution < 1.29 is 0 Å². The molecule has 0 saturated carbocycles. The van der Waals surface area contributed by atoms with Gasteiger partial charge in [0.05, 0.1) is 39.0 Å². The van der Waals surface area contributed by atoms with Crippen molar-refractivity contribution in [2.75, 3.05) is 0 Å². The first-order valence-corrected chi connectivity index (χ1v) is 19.1. The average Bonchev–Trinajstić information content (AvgIpc) is 3.78. The molecule has 0 aliphatic carbocycles. The Bertz CT molecular complexity index is 3520. The van der Waals surface area contributed by atoms with Crippen LogP contribution in [0.5, 0.6) is 0 Å². The molecule has 56 heavy (non-hydrogen) atoms. The molecule has 9 aromatic carbocycles. The lowest BCUT2D eigenvalue weighted by Gasteiger charge is -2.13. The second kappa shape index (κ2) is 12.0. The normalized spacial score (nSPS) is 11.9. The SMILES string of the molecule is c1ccc(-c2nc(-c3ccc(-n4c5cc6ccccc6cc5c5c(-n6c7ccccc7c7ccc8ccccc8c76)cccc54)cc3)nc3ccccc23)cc1. The van der Waals surface area contributed by atoms with E-state index in [1.807, 2.05) is 12.1 Å². The number of para-hydroxylation sites is 2. The van der Waals surface area contributed by atoms with Crippen molar-refractivity contribution in [2.24, 2.45) is 0 Å². The van der Waals surface area contributed by atoms with E-state index in [1.165, 1.54) is 59.8 Å². The molecule has 12 rings (SSSR count). The van der Waals surface area contributed by atoms with Crippen LogP contribution in [0.2, 0.25) is 0 Å². The second-order valence-corrected chi connectivity index (χ2v) is 14.6. The summed E-state index contributed by atoms with van der Waals surface area (Å²) >= 11 is 0. The Labute approximate surface area is 322 Å². The Morgan fingerprint density at radius 2 is 1.04 bits per heavy atom. The maximum absolute atomic E-state index is 5.16. The standard InChI is InChI=1S/C52H32N4/c1-2-14-34(15-3-1)50-42-20-8-10-21-44(42)53-52(54-50)35-25-28-38(29-26-35)55-46-23-12-24-47(49(46)43-31-36-16-4-5-17-37(36)32-48(43)55)56-45-22-11-9-19-40(45)41-30-27-33-13-6-7-18-39(33)51(41)56/h1-32H. The third-order valence-electron chi connectivity index (χ3n) is 11.5. The van der Waals surface area contributed by atoms with E-state index in [4.69, 9.17) is 9.97 Å². The van der Waals surface area contributed by atoms with Gasteiger partial charge in [-0.15, -0.1) is 0 Å². The van der Waals surface area contributed by atoms with E-state index in [0.29, 0.717) is 5.82 Å². The zero-order valence-electron chi connectivity index (χ0n) is 30.3. The summed E-state index contributed by atoms with van der Waals surface area (Å²) in [6, 6.07) is 69.7. The molecule has 0 saturated heterocycles. The maximum Gasteiger partial charge on any atom is 0.160 e. The molecule has 0 bridgehead atoms. The van der Waals surface area contributed by atoms with E-state index in [9.17, 15) is 0 Å². The van der Waals surface area contributed by atoms with Crippen LogP contribution in [-0.2, 0) is 0 Å². The quantitative estimate of drug-likeness (QED) is 0.182. The molecule has 3 heterocycles. The summed E-state index contributed by atoms with van der Waals surface area (Å²) in [5, 5.41) is 10.9. The smallest absolute Gasteiger partial charge is 0.160 e. The van der Waals surface area contributed by atoms with Crippen LogP contribution in [0.4, 0.5) is 0 Å². The Morgan fingerprint density at radius 1 is 0.357 bits per heavy atom. The first-order valence-electron chi connectivity index (χ1n) is 19.1. The molecule has 260 valence electrons. The van der Waals surface area contributed by atoms with Crippen molar-refractivity contribution in [1.82, 2.24) is 19.1 Å². The summed E-state index contributed by atoms with van der Waals surface area (Å²) in [6.07, 6.45) is 0. The van der Waals surface area contributed by atoms with Crippen LogP contribution in [0.25, 0.3) is 110 Å². The van der Waals surface area contributed by atoms with Gasteiger partial charge in [-0.05, 0) is 76.8 Å². The van der Waals surface area contributed by atoms with Crippen LogP contribution in [0, 0.1) is 0 Å². The van der Waals surface area contributed by atoms with E-state index in [2.05, 4.69) is 191 Å². The summed E-state index contributed by atoms with van der Waals surface area (Å²) in [4.78, 5) is 10.2. The minimum absolute atomic E-state index is 0.711. The fourth-order valence-electron chi connectivity index (χ4n) is 8.96. The molecule has 4 heteroatoms. The minimum atomic E-state index is 0.711. The van der Waals surface area contributed by atoms with Crippen LogP contribution in [0.1, 0.15) is 0 Å². The van der Waals surface area contributed by atoms with Crippen molar-refractivity contribution in [3.8, 4) is 34.0 Å². The molecular weight excluding hydrogens is 681 g/mol. The van der Waals surface area contributed by atoms with Gasteiger partial charge in [0, 0.05) is 49.1 Å². The summed E-state index contributed by atoms with van der Waals surface area (Å²) in [5.74, 6) is 0.711. The molecule has 0 N–H and O–H groups in total. The third kappa shape index (κ3) is 4.53. The molecule has 0 radical (unpaired) electrons. The van der Waals surface area contributed by atoms with Gasteiger partial charge in [-0.25, -0.2) is 9.97 Å². The highest BCUT2D eigenvalue weighted by atomic mass is 15.0. The number of fused-ring (bicyclic) bond motifs is 10. The van der Waals surface area contributed by atoms with Gasteiger partial charge in [0.25, 0.3) is 0 Å². The van der Waals surface area contributed by atoms with E-state index >= 15 is 0 Å². The van der Waals surface area contributed by atoms with Crippen LogP contribution < -0.4 is 0 Å². The average molecular weight is 713 g/mol. The Morgan fingerprint density at radius 3 is 1.88 bits per heavy atom. The van der Waals surface area contributed by atoms with Crippen molar-refractivity contribution in [3.63, 3.8) is 0 Å². The Balaban J connectivity index is 1.12. The first kappa shape index (κ1) is 30.9. The van der Waals surface area contributed by atoms with Crippen molar-refractivity contribution in [1.29, 1.82) is 0 Å². The molecule has 3 aromatic heterocycles. The monoisotopic (exact) mass is 712 g/mol. The number of hydrogen-bond donors (Lipinski definition) is 0. The molecule has 0 fully saturated rings. The lowest BCUT2D eigenvalue weighted by Crippen LogP contribution is -1.98. The molecule has 0 atom stereocenters. The third-order valence-corrected chi connectivity index (χ3v) is 11.5. The van der Waals surface area contributed by atoms with Gasteiger partial charge in [0.1, 0.15) is 0 Å². The predicted octanol–water partition coefficient (Wildman–Crippen LogP) is 13.5. The topological polar surface area (TPSA) is 35.6 Å². The van der Waals surface area contributed by atoms with Crippen LogP contribution in [-0.4, -0.2) is 19.1 Å². The number of aromatic nitrogens is 4. The van der Waals surface area contributed by atoms with Gasteiger partial charge in [0.2, 0.25) is 0 Å². The number of rotatable bonds is 4. The van der Waals surface area contributed by atoms with Gasteiger partial charge in [0.15, 0.2) is 5.82 Å². The fourth-order valence-corrected chi connectivity index (χ4v) is 8.96. The fraction of sp³-hybridized carbons (Fsp3) is 0. The summed E-state index contributed by atoms with van der Waals surface area (Å²) in [5.41, 5.74) is 10.9. The van der Waals surface area contributed by atoms with Crippen LogP contribution in [0.15, 0.2) is 194 Å². The van der Waals surface area contributed by atoms with E-state index in [1.54, 1.807) is 0 Å². The van der Waals surface area contributed by atoms with E-state index < -0.39 is 0 Å². The predicted molar refractivity (Wildman–Crippen MR) is 234 cm³/mol. The highest BCUT2D eigenvalue weighted by Crippen LogP contribution is 2.43. The molecule has 0 unspecified atom stereocenters. The summed E-state index contributed by atoms with van der Waals surface area (Å²) < 4.78 is 4.92.